The van der Waals surface area contributed by atoms with E-state index in [0.29, 0.717) is 17.7 Å². The summed E-state index contributed by atoms with van der Waals surface area (Å²) in [5, 5.41) is 2.77. The van der Waals surface area contributed by atoms with Crippen LogP contribution in [-0.4, -0.2) is 15.7 Å². The maximum Gasteiger partial charge on any atom is 0.329 e. The highest BCUT2D eigenvalue weighted by atomic mass is 31.2. The highest BCUT2D eigenvalue weighted by Crippen LogP contribution is 2.40. The lowest BCUT2D eigenvalue weighted by Gasteiger charge is -2.11. The molecular weight excluding hydrogens is 337 g/mol. The van der Waals surface area contributed by atoms with Crippen LogP contribution in [0.15, 0.2) is 36.4 Å². The summed E-state index contributed by atoms with van der Waals surface area (Å²) in [5.74, 6) is -0.105. The molecule has 0 aliphatic heterocycles. The average molecular weight is 367 g/mol. The maximum atomic E-state index is 12.0. The topological polar surface area (TPSA) is 86.6 Å². The van der Waals surface area contributed by atoms with Gasteiger partial charge in [0.15, 0.2) is 0 Å². The van der Waals surface area contributed by atoms with Gasteiger partial charge < -0.3 is 15.1 Å². The van der Waals surface area contributed by atoms with Crippen LogP contribution >= 0.6 is 7.60 Å². The molecule has 3 N–H and O–H groups in total. The van der Waals surface area contributed by atoms with Crippen LogP contribution in [-0.2, 0) is 15.5 Å². The first-order valence-corrected chi connectivity index (χ1v) is 10.8. The van der Waals surface area contributed by atoms with E-state index in [1.54, 1.807) is 24.3 Å². The number of para-hydroxylation sites is 1. The molecule has 0 fully saturated rings. The number of rotatable bonds is 12. The molecule has 1 rings (SSSR count). The Hall–Kier alpha value is -1.42. The van der Waals surface area contributed by atoms with Gasteiger partial charge in [0.1, 0.15) is 0 Å². The molecule has 1 aromatic rings. The molecular formula is C19H30NO4P. The van der Waals surface area contributed by atoms with Gasteiger partial charge in [-0.1, -0.05) is 56.0 Å². The predicted molar refractivity (Wildman–Crippen MR) is 103 cm³/mol. The second kappa shape index (κ2) is 12.0. The fourth-order valence-electron chi connectivity index (χ4n) is 2.64. The number of allylic oxidation sites excluding steroid dienone is 2. The molecule has 0 aromatic heterocycles. The van der Waals surface area contributed by atoms with Crippen molar-refractivity contribution in [2.75, 3.05) is 5.32 Å². The molecule has 1 amide bonds. The maximum absolute atomic E-state index is 12.0. The van der Waals surface area contributed by atoms with Gasteiger partial charge >= 0.3 is 7.60 Å². The van der Waals surface area contributed by atoms with Crippen LogP contribution in [0.5, 0.6) is 0 Å². The zero-order valence-corrected chi connectivity index (χ0v) is 15.9. The minimum Gasteiger partial charge on any atom is -0.326 e. The van der Waals surface area contributed by atoms with E-state index in [0.717, 1.165) is 25.7 Å². The highest BCUT2D eigenvalue weighted by Gasteiger charge is 2.17. The van der Waals surface area contributed by atoms with Crippen molar-refractivity contribution in [2.45, 2.75) is 64.5 Å². The number of hydrogen-bond acceptors (Lipinski definition) is 2. The largest absolute Gasteiger partial charge is 0.329 e. The molecule has 5 nitrogen and oxygen atoms in total. The van der Waals surface area contributed by atoms with Gasteiger partial charge in [-0.2, -0.15) is 0 Å². The first-order valence-electron chi connectivity index (χ1n) is 8.96. The Labute approximate surface area is 150 Å². The van der Waals surface area contributed by atoms with Gasteiger partial charge in [0.05, 0.1) is 6.16 Å². The molecule has 0 aliphatic carbocycles. The van der Waals surface area contributed by atoms with Gasteiger partial charge in [-0.3, -0.25) is 9.36 Å². The summed E-state index contributed by atoms with van der Waals surface area (Å²) in [6, 6.07) is 6.75. The Bertz CT molecular complexity index is 595. The number of carbonyl (C=O) groups is 1. The number of nitrogens with one attached hydrogen (secondary N) is 1. The highest BCUT2D eigenvalue weighted by molar-refractivity contribution is 7.50. The van der Waals surface area contributed by atoms with Crippen molar-refractivity contribution in [3.63, 3.8) is 0 Å². The third-order valence-electron chi connectivity index (χ3n) is 3.93. The number of hydrogen-bond donors (Lipinski definition) is 3. The van der Waals surface area contributed by atoms with Crippen LogP contribution in [0.3, 0.4) is 0 Å². The summed E-state index contributed by atoms with van der Waals surface area (Å²) in [7, 11) is -4.16. The van der Waals surface area contributed by atoms with Crippen LogP contribution in [0.4, 0.5) is 5.69 Å². The third-order valence-corrected chi connectivity index (χ3v) is 4.68. The first-order chi connectivity index (χ1) is 11.9. The lowest BCUT2D eigenvalue weighted by atomic mass is 10.1. The zero-order valence-electron chi connectivity index (χ0n) is 15.0. The average Bonchev–Trinajstić information content (AvgIpc) is 2.54. The number of unbranched alkanes of at least 4 members (excludes halogenated alkanes) is 6. The van der Waals surface area contributed by atoms with Crippen molar-refractivity contribution in [1.82, 2.24) is 0 Å². The number of carbonyl (C=O) groups excluding carboxylic acids is 1. The molecule has 0 atom stereocenters. The SMILES string of the molecule is CC=CCCCCCCCCC(=O)Nc1ccccc1CP(=O)(O)O. The van der Waals surface area contributed by atoms with Crippen molar-refractivity contribution < 1.29 is 19.1 Å². The normalized spacial score (nSPS) is 11.8. The van der Waals surface area contributed by atoms with E-state index in [9.17, 15) is 9.36 Å². The van der Waals surface area contributed by atoms with Crippen LogP contribution in [0.25, 0.3) is 0 Å². The molecule has 0 aliphatic rings. The van der Waals surface area contributed by atoms with E-state index < -0.39 is 7.60 Å². The lowest BCUT2D eigenvalue weighted by molar-refractivity contribution is -0.116. The molecule has 0 unspecified atom stereocenters. The molecule has 0 saturated heterocycles. The first kappa shape index (κ1) is 21.6. The van der Waals surface area contributed by atoms with Gasteiger partial charge in [0.25, 0.3) is 0 Å². The molecule has 0 radical (unpaired) electrons. The van der Waals surface area contributed by atoms with Gasteiger partial charge in [0.2, 0.25) is 5.91 Å². The summed E-state index contributed by atoms with van der Waals surface area (Å²) in [5.41, 5.74) is 0.949. The van der Waals surface area contributed by atoms with Gasteiger partial charge in [0, 0.05) is 12.1 Å². The molecule has 0 saturated carbocycles. The van der Waals surface area contributed by atoms with Gasteiger partial charge in [-0.15, -0.1) is 0 Å². The summed E-state index contributed by atoms with van der Waals surface area (Å²) < 4.78 is 11.2. The van der Waals surface area contributed by atoms with Gasteiger partial charge in [-0.05, 0) is 37.8 Å². The molecule has 6 heteroatoms. The molecule has 0 spiro atoms. The van der Waals surface area contributed by atoms with Gasteiger partial charge in [-0.25, -0.2) is 0 Å². The standard InChI is InChI=1S/C19H30NO4P/c1-2-3-4-5-6-7-8-9-10-15-19(21)20-18-14-12-11-13-17(18)16-25(22,23)24/h2-3,11-14H,4-10,15-16H2,1H3,(H,20,21)(H2,22,23,24). The molecule has 140 valence electrons. The minimum absolute atomic E-state index is 0.105. The van der Waals surface area contributed by atoms with Crippen LogP contribution in [0, 0.1) is 0 Å². The van der Waals surface area contributed by atoms with Crippen molar-refractivity contribution >= 4 is 19.2 Å². The predicted octanol–water partition coefficient (Wildman–Crippen LogP) is 5.00. The Morgan fingerprint density at radius 2 is 1.72 bits per heavy atom. The van der Waals surface area contributed by atoms with Crippen molar-refractivity contribution in [2.24, 2.45) is 0 Å². The third kappa shape index (κ3) is 10.9. The molecule has 25 heavy (non-hydrogen) atoms. The number of benzene rings is 1. The van der Waals surface area contributed by atoms with E-state index in [4.69, 9.17) is 9.79 Å². The smallest absolute Gasteiger partial charge is 0.326 e. The molecule has 1 aromatic carbocycles. The second-order valence-corrected chi connectivity index (χ2v) is 7.90. The monoisotopic (exact) mass is 367 g/mol. The van der Waals surface area contributed by atoms with Crippen LogP contribution in [0.2, 0.25) is 0 Å². The van der Waals surface area contributed by atoms with Crippen molar-refractivity contribution in [3.8, 4) is 0 Å². The fourth-order valence-corrected chi connectivity index (χ4v) is 3.36. The van der Waals surface area contributed by atoms with E-state index >= 15 is 0 Å². The van der Waals surface area contributed by atoms with E-state index in [1.165, 1.54) is 19.3 Å². The van der Waals surface area contributed by atoms with E-state index in [2.05, 4.69) is 17.5 Å². The zero-order chi connectivity index (χ0) is 18.5. The van der Waals surface area contributed by atoms with Crippen LogP contribution in [0.1, 0.15) is 63.9 Å². The Kier molecular flexibility index (Phi) is 10.4. The minimum atomic E-state index is -4.16. The van der Waals surface area contributed by atoms with Crippen molar-refractivity contribution in [3.05, 3.63) is 42.0 Å². The lowest BCUT2D eigenvalue weighted by Crippen LogP contribution is -2.12. The Balaban J connectivity index is 2.26. The summed E-state index contributed by atoms with van der Waals surface area (Å²) in [4.78, 5) is 30.3. The Morgan fingerprint density at radius 1 is 1.08 bits per heavy atom. The van der Waals surface area contributed by atoms with Crippen molar-refractivity contribution in [1.29, 1.82) is 0 Å². The second-order valence-electron chi connectivity index (χ2n) is 6.26. The summed E-state index contributed by atoms with van der Waals surface area (Å²) >= 11 is 0. The Morgan fingerprint density at radius 3 is 2.40 bits per heavy atom. The van der Waals surface area contributed by atoms with E-state index in [-0.39, 0.29) is 12.1 Å². The fraction of sp³-hybridized carbons (Fsp3) is 0.526. The number of amides is 1. The molecule has 0 heterocycles. The number of anilines is 1. The molecule has 0 bridgehead atoms. The van der Waals surface area contributed by atoms with Crippen LogP contribution < -0.4 is 5.32 Å². The summed E-state index contributed by atoms with van der Waals surface area (Å²) in [6.45, 7) is 2.04. The quantitative estimate of drug-likeness (QED) is 0.276. The van der Waals surface area contributed by atoms with E-state index in [1.807, 2.05) is 6.92 Å². The summed E-state index contributed by atoms with van der Waals surface area (Å²) in [6.07, 6.45) is 12.1.